The van der Waals surface area contributed by atoms with E-state index in [1.54, 1.807) is 23.8 Å². The van der Waals surface area contributed by atoms with Gasteiger partial charge in [-0.3, -0.25) is 9.59 Å². The highest BCUT2D eigenvalue weighted by Gasteiger charge is 2.32. The molecule has 1 unspecified atom stereocenters. The fourth-order valence-electron chi connectivity index (χ4n) is 2.74. The van der Waals surface area contributed by atoms with E-state index < -0.39 is 6.04 Å². The van der Waals surface area contributed by atoms with E-state index >= 15 is 0 Å². The van der Waals surface area contributed by atoms with Gasteiger partial charge in [-0.25, -0.2) is 0 Å². The molecule has 0 spiro atoms. The molecule has 2 aromatic rings. The van der Waals surface area contributed by atoms with Crippen molar-refractivity contribution < 1.29 is 9.59 Å². The molecule has 1 atom stereocenters. The molecule has 5 nitrogen and oxygen atoms in total. The number of hydrogen-bond acceptors (Lipinski definition) is 2. The zero-order chi connectivity index (χ0) is 15.7. The van der Waals surface area contributed by atoms with Crippen molar-refractivity contribution in [2.45, 2.75) is 13.0 Å². The van der Waals surface area contributed by atoms with Gasteiger partial charge in [-0.05, 0) is 43.3 Å². The Kier molecular flexibility index (Phi) is 3.71. The molecule has 22 heavy (non-hydrogen) atoms. The number of benzene rings is 1. The number of hydrogen-bond donors (Lipinski definition) is 0. The molecule has 1 aromatic carbocycles. The molecule has 0 aliphatic carbocycles. The number of rotatable bonds is 2. The first-order chi connectivity index (χ1) is 10.6. The maximum atomic E-state index is 12.6. The zero-order valence-corrected chi connectivity index (χ0v) is 12.8. The van der Waals surface area contributed by atoms with Crippen molar-refractivity contribution in [1.29, 1.82) is 0 Å². The third-order valence-electron chi connectivity index (χ3n) is 4.16. The predicted octanol–water partition coefficient (Wildman–Crippen LogP) is 1.78. The van der Waals surface area contributed by atoms with Crippen LogP contribution in [0.2, 0.25) is 0 Å². The first-order valence-corrected chi connectivity index (χ1v) is 7.37. The minimum absolute atomic E-state index is 0.0106. The Hall–Kier alpha value is -2.56. The van der Waals surface area contributed by atoms with Crippen molar-refractivity contribution in [3.05, 3.63) is 54.4 Å². The van der Waals surface area contributed by atoms with E-state index in [1.807, 2.05) is 53.4 Å². The summed E-state index contributed by atoms with van der Waals surface area (Å²) in [6.07, 6.45) is 3.91. The van der Waals surface area contributed by atoms with Crippen LogP contribution in [-0.4, -0.2) is 52.4 Å². The summed E-state index contributed by atoms with van der Waals surface area (Å²) in [5, 5.41) is 0. The van der Waals surface area contributed by atoms with Gasteiger partial charge in [-0.2, -0.15) is 0 Å². The summed E-state index contributed by atoms with van der Waals surface area (Å²) in [4.78, 5) is 27.9. The van der Waals surface area contributed by atoms with Gasteiger partial charge in [-0.15, -0.1) is 0 Å². The van der Waals surface area contributed by atoms with E-state index in [9.17, 15) is 9.59 Å². The van der Waals surface area contributed by atoms with Crippen LogP contribution in [0.4, 0.5) is 0 Å². The molecule has 2 heterocycles. The molecule has 114 valence electrons. The van der Waals surface area contributed by atoms with E-state index in [-0.39, 0.29) is 11.8 Å². The molecule has 0 bridgehead atoms. The van der Waals surface area contributed by atoms with Crippen LogP contribution in [0.5, 0.6) is 0 Å². The SMILES string of the molecule is CC1C(=O)N(C)CCN1C(=O)c1ccc(-n2cccc2)cc1. The molecule has 1 aliphatic rings. The van der Waals surface area contributed by atoms with Crippen molar-refractivity contribution in [2.24, 2.45) is 0 Å². The van der Waals surface area contributed by atoms with Crippen LogP contribution in [0, 0.1) is 0 Å². The van der Waals surface area contributed by atoms with Crippen molar-refractivity contribution in [3.8, 4) is 5.69 Å². The summed E-state index contributed by atoms with van der Waals surface area (Å²) >= 11 is 0. The molecule has 1 fully saturated rings. The molecular formula is C17H19N3O2. The Morgan fingerprint density at radius 2 is 1.73 bits per heavy atom. The molecule has 3 rings (SSSR count). The summed E-state index contributed by atoms with van der Waals surface area (Å²) in [5.74, 6) is -0.100. The fourth-order valence-corrected chi connectivity index (χ4v) is 2.74. The van der Waals surface area contributed by atoms with Crippen LogP contribution >= 0.6 is 0 Å². The normalized spacial score (nSPS) is 18.6. The average molecular weight is 297 g/mol. The van der Waals surface area contributed by atoms with Crippen molar-refractivity contribution in [1.82, 2.24) is 14.4 Å². The molecule has 0 saturated carbocycles. The van der Waals surface area contributed by atoms with Gasteiger partial charge in [0, 0.05) is 43.8 Å². The molecule has 1 aliphatic heterocycles. The van der Waals surface area contributed by atoms with Crippen LogP contribution in [0.15, 0.2) is 48.8 Å². The highest BCUT2D eigenvalue weighted by molar-refractivity contribution is 5.98. The first kappa shape index (κ1) is 14.4. The Labute approximate surface area is 129 Å². The van der Waals surface area contributed by atoms with Crippen molar-refractivity contribution in [3.63, 3.8) is 0 Å². The quantitative estimate of drug-likeness (QED) is 0.848. The molecule has 1 aromatic heterocycles. The Balaban J connectivity index is 1.79. The topological polar surface area (TPSA) is 45.6 Å². The van der Waals surface area contributed by atoms with Crippen LogP contribution < -0.4 is 0 Å². The van der Waals surface area contributed by atoms with Gasteiger partial charge >= 0.3 is 0 Å². The van der Waals surface area contributed by atoms with E-state index in [0.29, 0.717) is 18.7 Å². The molecule has 2 amide bonds. The van der Waals surface area contributed by atoms with Gasteiger partial charge in [0.25, 0.3) is 5.91 Å². The standard InChI is InChI=1S/C17H19N3O2/c1-13-16(21)18(2)11-12-20(13)17(22)14-5-7-15(8-6-14)19-9-3-4-10-19/h3-10,13H,11-12H2,1-2H3. The first-order valence-electron chi connectivity index (χ1n) is 7.37. The lowest BCUT2D eigenvalue weighted by Gasteiger charge is -2.37. The fraction of sp³-hybridized carbons (Fsp3) is 0.294. The summed E-state index contributed by atoms with van der Waals surface area (Å²) in [5.41, 5.74) is 1.61. The number of likely N-dealkylation sites (N-methyl/N-ethyl adjacent to an activating group) is 1. The van der Waals surface area contributed by atoms with Crippen molar-refractivity contribution in [2.75, 3.05) is 20.1 Å². The van der Waals surface area contributed by atoms with Crippen molar-refractivity contribution >= 4 is 11.8 Å². The number of nitrogens with zero attached hydrogens (tertiary/aromatic N) is 3. The van der Waals surface area contributed by atoms with Gasteiger partial charge in [0.1, 0.15) is 6.04 Å². The smallest absolute Gasteiger partial charge is 0.254 e. The number of aromatic nitrogens is 1. The lowest BCUT2D eigenvalue weighted by molar-refractivity contribution is -0.137. The molecule has 0 radical (unpaired) electrons. The summed E-state index contributed by atoms with van der Waals surface area (Å²) in [7, 11) is 1.77. The van der Waals surface area contributed by atoms with E-state index in [0.717, 1.165) is 5.69 Å². The van der Waals surface area contributed by atoms with Gasteiger partial charge in [0.15, 0.2) is 0 Å². The lowest BCUT2D eigenvalue weighted by atomic mass is 10.1. The monoisotopic (exact) mass is 297 g/mol. The largest absolute Gasteiger partial charge is 0.342 e. The minimum atomic E-state index is -0.407. The van der Waals surface area contributed by atoms with Crippen LogP contribution in [0.3, 0.4) is 0 Å². The minimum Gasteiger partial charge on any atom is -0.342 e. The second kappa shape index (κ2) is 5.67. The van der Waals surface area contributed by atoms with Gasteiger partial charge < -0.3 is 14.4 Å². The van der Waals surface area contributed by atoms with E-state index in [4.69, 9.17) is 0 Å². The highest BCUT2D eigenvalue weighted by atomic mass is 16.2. The second-order valence-corrected chi connectivity index (χ2v) is 5.57. The third-order valence-corrected chi connectivity index (χ3v) is 4.16. The molecule has 0 N–H and O–H groups in total. The molecule has 5 heteroatoms. The lowest BCUT2D eigenvalue weighted by Crippen LogP contribution is -2.56. The maximum absolute atomic E-state index is 12.6. The second-order valence-electron chi connectivity index (χ2n) is 5.57. The van der Waals surface area contributed by atoms with Gasteiger partial charge in [-0.1, -0.05) is 0 Å². The summed E-state index contributed by atoms with van der Waals surface area (Å²) in [6, 6.07) is 11.0. The third kappa shape index (κ3) is 2.50. The van der Waals surface area contributed by atoms with Crippen LogP contribution in [-0.2, 0) is 4.79 Å². The van der Waals surface area contributed by atoms with Gasteiger partial charge in [0.05, 0.1) is 0 Å². The zero-order valence-electron chi connectivity index (χ0n) is 12.8. The van der Waals surface area contributed by atoms with Gasteiger partial charge in [0.2, 0.25) is 5.91 Å². The Morgan fingerprint density at radius 1 is 1.09 bits per heavy atom. The van der Waals surface area contributed by atoms with E-state index in [2.05, 4.69) is 0 Å². The summed E-state index contributed by atoms with van der Waals surface area (Å²) < 4.78 is 1.98. The number of amides is 2. The summed E-state index contributed by atoms with van der Waals surface area (Å²) in [6.45, 7) is 2.93. The maximum Gasteiger partial charge on any atom is 0.254 e. The predicted molar refractivity (Wildman–Crippen MR) is 83.9 cm³/mol. The highest BCUT2D eigenvalue weighted by Crippen LogP contribution is 2.16. The number of piperazine rings is 1. The van der Waals surface area contributed by atoms with Crippen LogP contribution in [0.25, 0.3) is 5.69 Å². The Morgan fingerprint density at radius 3 is 2.36 bits per heavy atom. The van der Waals surface area contributed by atoms with Crippen LogP contribution in [0.1, 0.15) is 17.3 Å². The van der Waals surface area contributed by atoms with E-state index in [1.165, 1.54) is 0 Å². The number of carbonyl (C=O) groups is 2. The molecule has 1 saturated heterocycles. The molecular weight excluding hydrogens is 278 g/mol. The number of carbonyl (C=O) groups excluding carboxylic acids is 2. The Bertz CT molecular complexity index is 676. The average Bonchev–Trinajstić information content (AvgIpc) is 3.07.